The second kappa shape index (κ2) is 11.7. The minimum Gasteiger partial charge on any atom is -0.497 e. The van der Waals surface area contributed by atoms with Crippen LogP contribution in [-0.4, -0.2) is 49.1 Å². The average Bonchev–Trinajstić information content (AvgIpc) is 3.45. The summed E-state index contributed by atoms with van der Waals surface area (Å²) >= 11 is 0. The molecule has 0 spiro atoms. The minimum absolute atomic E-state index is 0.00126. The SMILES string of the molecule is CCC(CC)C(=O)Nc1ccc(N2CCN(C(c3ccc(OC)cc3)c3ncco3)CC2)c(C#N)c1. The minimum atomic E-state index is -0.105. The summed E-state index contributed by atoms with van der Waals surface area (Å²) in [4.78, 5) is 21.5. The monoisotopic (exact) mass is 487 g/mol. The normalized spacial score (nSPS) is 14.9. The summed E-state index contributed by atoms with van der Waals surface area (Å²) in [6.07, 6.45) is 4.86. The van der Waals surface area contributed by atoms with E-state index in [-0.39, 0.29) is 17.9 Å². The molecule has 1 N–H and O–H groups in total. The Labute approximate surface area is 212 Å². The van der Waals surface area contributed by atoms with Crippen LogP contribution in [0.25, 0.3) is 0 Å². The standard InChI is InChI=1S/C28H33N5O3/c1-4-20(5-2)27(34)31-23-8-11-25(22(18-23)19-29)32-13-15-33(16-14-32)26(28-30-12-17-36-28)21-6-9-24(35-3)10-7-21/h6-12,17-18,20,26H,4-5,13-16H2,1-3H3,(H,31,34). The molecule has 0 aliphatic carbocycles. The number of nitriles is 1. The number of hydrogen-bond donors (Lipinski definition) is 1. The maximum absolute atomic E-state index is 12.5. The highest BCUT2D eigenvalue weighted by Crippen LogP contribution is 2.32. The van der Waals surface area contributed by atoms with E-state index >= 15 is 0 Å². The van der Waals surface area contributed by atoms with E-state index in [9.17, 15) is 10.1 Å². The van der Waals surface area contributed by atoms with Crippen LogP contribution in [0.1, 0.15) is 49.7 Å². The van der Waals surface area contributed by atoms with Gasteiger partial charge in [0.05, 0.1) is 24.6 Å². The molecule has 2 heterocycles. The van der Waals surface area contributed by atoms with Crippen LogP contribution in [0.3, 0.4) is 0 Å². The van der Waals surface area contributed by atoms with E-state index in [2.05, 4.69) is 26.2 Å². The van der Waals surface area contributed by atoms with Gasteiger partial charge < -0.3 is 19.4 Å². The zero-order valence-electron chi connectivity index (χ0n) is 21.1. The second-order valence-electron chi connectivity index (χ2n) is 8.92. The van der Waals surface area contributed by atoms with Crippen molar-refractivity contribution in [3.05, 3.63) is 71.9 Å². The predicted molar refractivity (Wildman–Crippen MR) is 139 cm³/mol. The topological polar surface area (TPSA) is 94.6 Å². The van der Waals surface area contributed by atoms with Gasteiger partial charge in [-0.05, 0) is 48.7 Å². The lowest BCUT2D eigenvalue weighted by Crippen LogP contribution is -2.48. The van der Waals surface area contributed by atoms with Gasteiger partial charge >= 0.3 is 0 Å². The van der Waals surface area contributed by atoms with Crippen LogP contribution in [0.4, 0.5) is 11.4 Å². The third-order valence-corrected chi connectivity index (χ3v) is 6.88. The van der Waals surface area contributed by atoms with Gasteiger partial charge in [0, 0.05) is 37.8 Å². The summed E-state index contributed by atoms with van der Waals surface area (Å²) in [7, 11) is 1.66. The molecule has 1 saturated heterocycles. The Morgan fingerprint density at radius 3 is 2.44 bits per heavy atom. The number of benzene rings is 2. The Bertz CT molecular complexity index is 1170. The first kappa shape index (κ1) is 25.3. The fraction of sp³-hybridized carbons (Fsp3) is 0.393. The number of oxazole rings is 1. The molecule has 0 bridgehead atoms. The van der Waals surface area contributed by atoms with E-state index in [1.807, 2.05) is 50.2 Å². The lowest BCUT2D eigenvalue weighted by molar-refractivity contribution is -0.120. The molecule has 8 heteroatoms. The molecular weight excluding hydrogens is 454 g/mol. The van der Waals surface area contributed by atoms with Gasteiger partial charge in [-0.1, -0.05) is 26.0 Å². The Kier molecular flexibility index (Phi) is 8.24. The highest BCUT2D eigenvalue weighted by Gasteiger charge is 2.30. The van der Waals surface area contributed by atoms with Gasteiger partial charge in [0.1, 0.15) is 24.1 Å². The zero-order chi connectivity index (χ0) is 25.5. The molecule has 36 heavy (non-hydrogen) atoms. The van der Waals surface area contributed by atoms with Crippen LogP contribution >= 0.6 is 0 Å². The highest BCUT2D eigenvalue weighted by atomic mass is 16.5. The summed E-state index contributed by atoms with van der Waals surface area (Å²) in [6, 6.07) is 15.8. The maximum Gasteiger partial charge on any atom is 0.227 e. The molecule has 1 fully saturated rings. The summed E-state index contributed by atoms with van der Waals surface area (Å²) in [5.41, 5.74) is 3.19. The molecule has 1 aliphatic heterocycles. The van der Waals surface area contributed by atoms with Crippen LogP contribution < -0.4 is 15.0 Å². The van der Waals surface area contributed by atoms with Crippen LogP contribution in [0.2, 0.25) is 0 Å². The van der Waals surface area contributed by atoms with E-state index in [1.54, 1.807) is 25.6 Å². The third kappa shape index (κ3) is 5.52. The molecule has 0 radical (unpaired) electrons. The van der Waals surface area contributed by atoms with Crippen LogP contribution in [0.5, 0.6) is 5.75 Å². The number of nitrogens with zero attached hydrogens (tertiary/aromatic N) is 4. The van der Waals surface area contributed by atoms with Crippen LogP contribution in [-0.2, 0) is 4.79 Å². The van der Waals surface area contributed by atoms with Gasteiger partial charge in [0.15, 0.2) is 0 Å². The lowest BCUT2D eigenvalue weighted by Gasteiger charge is -2.39. The average molecular weight is 488 g/mol. The number of piperazine rings is 1. The Hall–Kier alpha value is -3.83. The number of anilines is 2. The molecule has 1 unspecified atom stereocenters. The van der Waals surface area contributed by atoms with E-state index in [4.69, 9.17) is 9.15 Å². The summed E-state index contributed by atoms with van der Waals surface area (Å²) in [5.74, 6) is 1.44. The van der Waals surface area contributed by atoms with Crippen molar-refractivity contribution < 1.29 is 13.9 Å². The highest BCUT2D eigenvalue weighted by molar-refractivity contribution is 5.93. The molecule has 188 valence electrons. The third-order valence-electron chi connectivity index (χ3n) is 6.88. The number of nitrogens with one attached hydrogen (secondary N) is 1. The first-order valence-corrected chi connectivity index (χ1v) is 12.4. The van der Waals surface area contributed by atoms with Gasteiger partial charge in [-0.15, -0.1) is 0 Å². The number of amides is 1. The van der Waals surface area contributed by atoms with Gasteiger partial charge in [-0.3, -0.25) is 9.69 Å². The van der Waals surface area contributed by atoms with Gasteiger partial charge in [0.2, 0.25) is 11.8 Å². The maximum atomic E-state index is 12.5. The molecule has 1 amide bonds. The van der Waals surface area contributed by atoms with E-state index < -0.39 is 0 Å². The molecule has 1 atom stereocenters. The Morgan fingerprint density at radius 2 is 1.86 bits per heavy atom. The zero-order valence-corrected chi connectivity index (χ0v) is 21.1. The van der Waals surface area contributed by atoms with Gasteiger partial charge in [-0.25, -0.2) is 4.98 Å². The van der Waals surface area contributed by atoms with E-state index in [0.29, 0.717) is 17.1 Å². The van der Waals surface area contributed by atoms with Gasteiger partial charge in [0.25, 0.3) is 0 Å². The van der Waals surface area contributed by atoms with Gasteiger partial charge in [-0.2, -0.15) is 5.26 Å². The molecule has 3 aromatic rings. The fourth-order valence-electron chi connectivity index (χ4n) is 4.77. The largest absolute Gasteiger partial charge is 0.497 e. The van der Waals surface area contributed by atoms with Crippen molar-refractivity contribution in [2.45, 2.75) is 32.7 Å². The quantitative estimate of drug-likeness (QED) is 0.461. The predicted octanol–water partition coefficient (Wildman–Crippen LogP) is 4.84. The molecule has 1 aliphatic rings. The van der Waals surface area contributed by atoms with Crippen molar-refractivity contribution >= 4 is 17.3 Å². The molecule has 1 aromatic heterocycles. The van der Waals surface area contributed by atoms with Crippen molar-refractivity contribution in [2.24, 2.45) is 5.92 Å². The first-order valence-electron chi connectivity index (χ1n) is 12.4. The van der Waals surface area contributed by atoms with E-state index in [0.717, 1.165) is 56.0 Å². The van der Waals surface area contributed by atoms with E-state index in [1.165, 1.54) is 0 Å². The van der Waals surface area contributed by atoms with Crippen molar-refractivity contribution in [3.63, 3.8) is 0 Å². The van der Waals surface area contributed by atoms with Crippen LogP contribution in [0, 0.1) is 17.2 Å². The number of methoxy groups -OCH3 is 1. The fourth-order valence-corrected chi connectivity index (χ4v) is 4.77. The number of carbonyl (C=O) groups is 1. The molecule has 2 aromatic carbocycles. The first-order chi connectivity index (χ1) is 17.6. The smallest absolute Gasteiger partial charge is 0.227 e. The Balaban J connectivity index is 1.48. The number of carbonyl (C=O) groups excluding carboxylic acids is 1. The number of aromatic nitrogens is 1. The molecule has 4 rings (SSSR count). The Morgan fingerprint density at radius 1 is 1.14 bits per heavy atom. The van der Waals surface area contributed by atoms with Crippen molar-refractivity contribution in [1.29, 1.82) is 5.26 Å². The summed E-state index contributed by atoms with van der Waals surface area (Å²) < 4.78 is 11.0. The molecule has 8 nitrogen and oxygen atoms in total. The molecule has 0 saturated carbocycles. The summed E-state index contributed by atoms with van der Waals surface area (Å²) in [6.45, 7) is 7.08. The number of hydrogen-bond acceptors (Lipinski definition) is 7. The van der Waals surface area contributed by atoms with Crippen molar-refractivity contribution in [3.8, 4) is 11.8 Å². The van der Waals surface area contributed by atoms with Crippen LogP contribution in [0.15, 0.2) is 59.3 Å². The number of rotatable bonds is 9. The van der Waals surface area contributed by atoms with Crippen molar-refractivity contribution in [1.82, 2.24) is 9.88 Å². The van der Waals surface area contributed by atoms with Crippen molar-refractivity contribution in [2.75, 3.05) is 43.5 Å². The summed E-state index contributed by atoms with van der Waals surface area (Å²) in [5, 5.41) is 12.8. The lowest BCUT2D eigenvalue weighted by atomic mass is 10.0. The molecular formula is C28H33N5O3. The second-order valence-corrected chi connectivity index (χ2v) is 8.92. The number of ether oxygens (including phenoxy) is 1.